The molecule has 1 amide bonds. The van der Waals surface area contributed by atoms with Crippen molar-refractivity contribution in [1.82, 2.24) is 9.88 Å². The van der Waals surface area contributed by atoms with Crippen molar-refractivity contribution < 1.29 is 4.79 Å². The predicted molar refractivity (Wildman–Crippen MR) is 112 cm³/mol. The molecule has 0 aliphatic carbocycles. The second kappa shape index (κ2) is 9.40. The van der Waals surface area contributed by atoms with Crippen molar-refractivity contribution in [2.75, 3.05) is 42.9 Å². The molecule has 1 aromatic heterocycles. The minimum atomic E-state index is 0.0245. The molecule has 2 aromatic rings. The first kappa shape index (κ1) is 19.2. The fraction of sp³-hybridized carbons (Fsp3) is 0.455. The second-order valence-electron chi connectivity index (χ2n) is 7.18. The number of nitrogens with zero attached hydrogens (tertiary/aromatic N) is 3. The zero-order chi connectivity index (χ0) is 19.1. The highest BCUT2D eigenvalue weighted by Crippen LogP contribution is 2.18. The lowest BCUT2D eigenvalue weighted by atomic mass is 10.2. The van der Waals surface area contributed by atoms with Gasteiger partial charge in [-0.3, -0.25) is 4.79 Å². The van der Waals surface area contributed by atoms with Gasteiger partial charge in [0.05, 0.1) is 11.9 Å². The maximum atomic E-state index is 12.7. The molecule has 1 aliphatic heterocycles. The lowest BCUT2D eigenvalue weighted by molar-refractivity contribution is 0.0741. The number of carbonyl (C=O) groups is 1. The molecular formula is C22H30N4O. The summed E-state index contributed by atoms with van der Waals surface area (Å²) in [7, 11) is 0. The Morgan fingerprint density at radius 3 is 2.59 bits per heavy atom. The number of nitrogens with one attached hydrogen (secondary N) is 1. The average Bonchev–Trinajstić information content (AvgIpc) is 2.71. The molecular weight excluding hydrogens is 336 g/mol. The highest BCUT2D eigenvalue weighted by molar-refractivity contribution is 5.92. The zero-order valence-corrected chi connectivity index (χ0v) is 16.4. The van der Waals surface area contributed by atoms with Crippen LogP contribution < -0.4 is 10.2 Å². The highest BCUT2D eigenvalue weighted by Gasteiger charge is 2.23. The van der Waals surface area contributed by atoms with Crippen LogP contribution in [0.15, 0.2) is 42.6 Å². The number of piperazine rings is 1. The van der Waals surface area contributed by atoms with Crippen LogP contribution in [0.2, 0.25) is 0 Å². The third-order valence-corrected chi connectivity index (χ3v) is 5.03. The van der Waals surface area contributed by atoms with E-state index in [9.17, 15) is 4.79 Å². The van der Waals surface area contributed by atoms with Crippen molar-refractivity contribution in [2.45, 2.75) is 33.1 Å². The molecule has 0 bridgehead atoms. The van der Waals surface area contributed by atoms with Gasteiger partial charge in [-0.2, -0.15) is 0 Å². The minimum absolute atomic E-state index is 0.0245. The highest BCUT2D eigenvalue weighted by atomic mass is 16.2. The molecule has 0 spiro atoms. The van der Waals surface area contributed by atoms with Gasteiger partial charge in [0.25, 0.3) is 5.91 Å². The van der Waals surface area contributed by atoms with Gasteiger partial charge in [0.15, 0.2) is 0 Å². The van der Waals surface area contributed by atoms with E-state index < -0.39 is 0 Å². The molecule has 0 radical (unpaired) electrons. The topological polar surface area (TPSA) is 48.5 Å². The van der Waals surface area contributed by atoms with Crippen LogP contribution in [0, 0.1) is 6.92 Å². The molecule has 1 N–H and O–H groups in total. The van der Waals surface area contributed by atoms with Crippen molar-refractivity contribution in [3.8, 4) is 0 Å². The Balaban J connectivity index is 1.51. The number of benzene rings is 1. The van der Waals surface area contributed by atoms with E-state index in [0.29, 0.717) is 5.69 Å². The Bertz CT molecular complexity index is 736. The molecule has 1 saturated heterocycles. The molecule has 1 aliphatic rings. The number of aromatic nitrogens is 1. The summed E-state index contributed by atoms with van der Waals surface area (Å²) in [4.78, 5) is 21.4. The largest absolute Gasteiger partial charge is 0.384 e. The maximum absolute atomic E-state index is 12.7. The van der Waals surface area contributed by atoms with E-state index in [0.717, 1.165) is 44.8 Å². The summed E-state index contributed by atoms with van der Waals surface area (Å²) >= 11 is 0. The van der Waals surface area contributed by atoms with Crippen LogP contribution >= 0.6 is 0 Å². The van der Waals surface area contributed by atoms with Crippen molar-refractivity contribution >= 4 is 17.3 Å². The standard InChI is InChI=1S/C22H30N4O/c1-3-4-5-11-23-19-9-10-21(24-17-19)22(27)26-14-12-25(13-15-26)20-8-6-7-18(2)16-20/h6-10,16-17,23H,3-5,11-15H2,1-2H3. The molecule has 144 valence electrons. The molecule has 5 nitrogen and oxygen atoms in total. The summed E-state index contributed by atoms with van der Waals surface area (Å²) in [5.74, 6) is 0.0245. The lowest BCUT2D eigenvalue weighted by Gasteiger charge is -2.36. The van der Waals surface area contributed by atoms with Gasteiger partial charge >= 0.3 is 0 Å². The maximum Gasteiger partial charge on any atom is 0.272 e. The number of hydrogen-bond donors (Lipinski definition) is 1. The molecule has 27 heavy (non-hydrogen) atoms. The molecule has 0 unspecified atom stereocenters. The molecule has 2 heterocycles. The normalized spacial score (nSPS) is 14.3. The number of anilines is 2. The van der Waals surface area contributed by atoms with Gasteiger partial charge in [-0.25, -0.2) is 4.98 Å². The molecule has 3 rings (SSSR count). The van der Waals surface area contributed by atoms with Crippen molar-refractivity contribution in [3.05, 3.63) is 53.9 Å². The van der Waals surface area contributed by atoms with Gasteiger partial charge in [-0.15, -0.1) is 0 Å². The third-order valence-electron chi connectivity index (χ3n) is 5.03. The van der Waals surface area contributed by atoms with E-state index in [1.165, 1.54) is 24.1 Å². The lowest BCUT2D eigenvalue weighted by Crippen LogP contribution is -2.49. The number of hydrogen-bond acceptors (Lipinski definition) is 4. The summed E-state index contributed by atoms with van der Waals surface area (Å²) in [5.41, 5.74) is 4.00. The van der Waals surface area contributed by atoms with Crippen LogP contribution in [0.3, 0.4) is 0 Å². The van der Waals surface area contributed by atoms with E-state index >= 15 is 0 Å². The van der Waals surface area contributed by atoms with Crippen LogP contribution in [0.1, 0.15) is 42.2 Å². The molecule has 0 saturated carbocycles. The van der Waals surface area contributed by atoms with E-state index in [1.54, 1.807) is 6.20 Å². The van der Waals surface area contributed by atoms with Crippen LogP contribution in [-0.4, -0.2) is 48.5 Å². The first-order chi connectivity index (χ1) is 13.2. The quantitative estimate of drug-likeness (QED) is 0.754. The number of carbonyl (C=O) groups excluding carboxylic acids is 1. The van der Waals surface area contributed by atoms with E-state index in [4.69, 9.17) is 0 Å². The van der Waals surface area contributed by atoms with Gasteiger partial charge in [-0.05, 0) is 43.2 Å². The van der Waals surface area contributed by atoms with Gasteiger partial charge in [0.2, 0.25) is 0 Å². The zero-order valence-electron chi connectivity index (χ0n) is 16.4. The van der Waals surface area contributed by atoms with Gasteiger partial charge in [0, 0.05) is 38.4 Å². The Morgan fingerprint density at radius 1 is 1.11 bits per heavy atom. The van der Waals surface area contributed by atoms with E-state index in [1.807, 2.05) is 17.0 Å². The smallest absolute Gasteiger partial charge is 0.272 e. The Morgan fingerprint density at radius 2 is 1.93 bits per heavy atom. The second-order valence-corrected chi connectivity index (χ2v) is 7.18. The number of pyridine rings is 1. The SMILES string of the molecule is CCCCCNc1ccc(C(=O)N2CCN(c3cccc(C)c3)CC2)nc1. The van der Waals surface area contributed by atoms with Gasteiger partial charge in [-0.1, -0.05) is 31.9 Å². The van der Waals surface area contributed by atoms with Crippen molar-refractivity contribution in [3.63, 3.8) is 0 Å². The Labute approximate surface area is 162 Å². The summed E-state index contributed by atoms with van der Waals surface area (Å²) in [6, 6.07) is 12.3. The fourth-order valence-electron chi connectivity index (χ4n) is 3.39. The van der Waals surface area contributed by atoms with Crippen LogP contribution in [0.5, 0.6) is 0 Å². The minimum Gasteiger partial charge on any atom is -0.384 e. The number of unbranched alkanes of at least 4 members (excludes halogenated alkanes) is 2. The summed E-state index contributed by atoms with van der Waals surface area (Å²) in [5, 5.41) is 3.36. The summed E-state index contributed by atoms with van der Waals surface area (Å²) < 4.78 is 0. The first-order valence-corrected chi connectivity index (χ1v) is 9.98. The number of aryl methyl sites for hydroxylation is 1. The molecule has 1 fully saturated rings. The molecule has 1 aromatic carbocycles. The predicted octanol–water partition coefficient (Wildman–Crippen LogP) is 3.95. The van der Waals surface area contributed by atoms with Crippen LogP contribution in [0.4, 0.5) is 11.4 Å². The van der Waals surface area contributed by atoms with E-state index in [-0.39, 0.29) is 5.91 Å². The monoisotopic (exact) mass is 366 g/mol. The van der Waals surface area contributed by atoms with Gasteiger partial charge in [0.1, 0.15) is 5.69 Å². The van der Waals surface area contributed by atoms with E-state index in [2.05, 4.69) is 53.3 Å². The van der Waals surface area contributed by atoms with Crippen LogP contribution in [-0.2, 0) is 0 Å². The molecule has 0 atom stereocenters. The van der Waals surface area contributed by atoms with Gasteiger partial charge < -0.3 is 15.1 Å². The summed E-state index contributed by atoms with van der Waals surface area (Å²) in [6.07, 6.45) is 5.36. The number of rotatable bonds is 7. The first-order valence-electron chi connectivity index (χ1n) is 9.98. The number of amides is 1. The Hall–Kier alpha value is -2.56. The average molecular weight is 367 g/mol. The van der Waals surface area contributed by atoms with Crippen molar-refractivity contribution in [2.24, 2.45) is 0 Å². The fourth-order valence-corrected chi connectivity index (χ4v) is 3.39. The summed E-state index contributed by atoms with van der Waals surface area (Å²) in [6.45, 7) is 8.42. The third kappa shape index (κ3) is 5.22. The Kier molecular flexibility index (Phi) is 6.69. The van der Waals surface area contributed by atoms with Crippen LogP contribution in [0.25, 0.3) is 0 Å². The van der Waals surface area contributed by atoms with Crippen molar-refractivity contribution in [1.29, 1.82) is 0 Å². The molecule has 5 heteroatoms.